The molecule has 0 bridgehead atoms. The zero-order valence-corrected chi connectivity index (χ0v) is 20.2. The number of ether oxygens (including phenoxy) is 1. The van der Waals surface area contributed by atoms with E-state index in [2.05, 4.69) is 10.6 Å². The predicted molar refractivity (Wildman–Crippen MR) is 136 cm³/mol. The van der Waals surface area contributed by atoms with Crippen LogP contribution in [-0.4, -0.2) is 30.9 Å². The predicted octanol–water partition coefficient (Wildman–Crippen LogP) is 4.68. The van der Waals surface area contributed by atoms with Gasteiger partial charge in [0.05, 0.1) is 16.0 Å². The molecule has 2 N–H and O–H groups in total. The van der Waals surface area contributed by atoms with Gasteiger partial charge in [0.15, 0.2) is 6.61 Å². The summed E-state index contributed by atoms with van der Waals surface area (Å²) < 4.78 is 5.53. The van der Waals surface area contributed by atoms with E-state index in [4.69, 9.17) is 27.9 Å². The second kappa shape index (κ2) is 11.3. The van der Waals surface area contributed by atoms with Crippen molar-refractivity contribution in [2.24, 2.45) is 5.92 Å². The number of carbonyl (C=O) groups excluding carboxylic acids is 3. The van der Waals surface area contributed by atoms with Crippen LogP contribution in [0.2, 0.25) is 10.0 Å². The van der Waals surface area contributed by atoms with Gasteiger partial charge in [0, 0.05) is 30.9 Å². The van der Waals surface area contributed by atoms with E-state index >= 15 is 0 Å². The number of rotatable bonds is 8. The Bertz CT molecular complexity index is 1220. The van der Waals surface area contributed by atoms with Crippen molar-refractivity contribution in [1.82, 2.24) is 5.32 Å². The Kier molecular flexibility index (Phi) is 7.90. The first kappa shape index (κ1) is 24.6. The average molecular weight is 512 g/mol. The number of nitrogens with zero attached hydrogens (tertiary/aromatic N) is 1. The molecule has 1 atom stereocenters. The van der Waals surface area contributed by atoms with E-state index in [1.807, 2.05) is 30.3 Å². The highest BCUT2D eigenvalue weighted by atomic mass is 35.5. The highest BCUT2D eigenvalue weighted by molar-refractivity contribution is 6.42. The first-order valence-electron chi connectivity index (χ1n) is 11.0. The highest BCUT2D eigenvalue weighted by Gasteiger charge is 2.35. The van der Waals surface area contributed by atoms with E-state index < -0.39 is 5.92 Å². The zero-order valence-electron chi connectivity index (χ0n) is 18.7. The third kappa shape index (κ3) is 6.53. The fourth-order valence-electron chi connectivity index (χ4n) is 3.70. The molecular weight excluding hydrogens is 489 g/mol. The minimum Gasteiger partial charge on any atom is -0.484 e. The molecule has 1 heterocycles. The molecule has 0 spiro atoms. The second-order valence-electron chi connectivity index (χ2n) is 8.07. The number of hydrogen-bond donors (Lipinski definition) is 2. The standard InChI is InChI=1S/C26H23Cl2N3O4/c27-22-11-6-19(13-23(22)28)30-24(32)16-35-21-9-7-20(8-10-21)31-15-18(12-25(31)33)26(34)29-14-17-4-2-1-3-5-17/h1-11,13,18H,12,14-16H2,(H,29,34)(H,30,32)/t18-/m1/s1. The van der Waals surface area contributed by atoms with Crippen molar-refractivity contribution in [2.45, 2.75) is 13.0 Å². The monoisotopic (exact) mass is 511 g/mol. The van der Waals surface area contributed by atoms with Gasteiger partial charge in [-0.2, -0.15) is 0 Å². The van der Waals surface area contributed by atoms with Gasteiger partial charge in [0.2, 0.25) is 11.8 Å². The lowest BCUT2D eigenvalue weighted by molar-refractivity contribution is -0.126. The third-order valence-electron chi connectivity index (χ3n) is 5.53. The molecule has 3 aromatic carbocycles. The average Bonchev–Trinajstić information content (AvgIpc) is 3.26. The SMILES string of the molecule is O=C(COc1ccc(N2C[C@H](C(=O)NCc3ccccc3)CC2=O)cc1)Nc1ccc(Cl)c(Cl)c1. The van der Waals surface area contributed by atoms with Gasteiger partial charge in [0.1, 0.15) is 5.75 Å². The minimum absolute atomic E-state index is 0.112. The molecule has 0 radical (unpaired) electrons. The molecule has 7 nitrogen and oxygen atoms in total. The number of nitrogens with one attached hydrogen (secondary N) is 2. The quantitative estimate of drug-likeness (QED) is 0.459. The molecule has 0 saturated carbocycles. The van der Waals surface area contributed by atoms with Gasteiger partial charge >= 0.3 is 0 Å². The van der Waals surface area contributed by atoms with Crippen molar-refractivity contribution in [2.75, 3.05) is 23.4 Å². The number of benzene rings is 3. The summed E-state index contributed by atoms with van der Waals surface area (Å²) in [5.41, 5.74) is 2.18. The molecule has 1 saturated heterocycles. The first-order chi connectivity index (χ1) is 16.9. The molecule has 1 aliphatic rings. The van der Waals surface area contributed by atoms with Crippen LogP contribution in [0.3, 0.4) is 0 Å². The van der Waals surface area contributed by atoms with Gasteiger partial charge in [-0.25, -0.2) is 0 Å². The summed E-state index contributed by atoms with van der Waals surface area (Å²) in [4.78, 5) is 38.8. The van der Waals surface area contributed by atoms with Crippen molar-refractivity contribution in [3.63, 3.8) is 0 Å². The molecule has 9 heteroatoms. The molecule has 1 aliphatic heterocycles. The van der Waals surface area contributed by atoms with Gasteiger partial charge in [-0.15, -0.1) is 0 Å². The Morgan fingerprint density at radius 3 is 2.43 bits per heavy atom. The second-order valence-corrected chi connectivity index (χ2v) is 8.88. The van der Waals surface area contributed by atoms with E-state index in [1.54, 1.807) is 47.4 Å². The molecule has 1 fully saturated rings. The smallest absolute Gasteiger partial charge is 0.262 e. The van der Waals surface area contributed by atoms with E-state index in [9.17, 15) is 14.4 Å². The molecule has 180 valence electrons. The highest BCUT2D eigenvalue weighted by Crippen LogP contribution is 2.27. The van der Waals surface area contributed by atoms with Crippen molar-refractivity contribution in [3.8, 4) is 5.75 Å². The Hall–Kier alpha value is -3.55. The molecule has 0 unspecified atom stereocenters. The van der Waals surface area contributed by atoms with Gasteiger partial charge in [-0.05, 0) is 48.0 Å². The van der Waals surface area contributed by atoms with Crippen LogP contribution >= 0.6 is 23.2 Å². The van der Waals surface area contributed by atoms with Crippen LogP contribution in [0.25, 0.3) is 0 Å². The number of amides is 3. The van der Waals surface area contributed by atoms with E-state index in [0.717, 1.165) is 5.56 Å². The van der Waals surface area contributed by atoms with Crippen LogP contribution in [0.1, 0.15) is 12.0 Å². The van der Waals surface area contributed by atoms with Gasteiger partial charge < -0.3 is 20.3 Å². The third-order valence-corrected chi connectivity index (χ3v) is 6.27. The summed E-state index contributed by atoms with van der Waals surface area (Å²) in [6.45, 7) is 0.534. The number of anilines is 2. The summed E-state index contributed by atoms with van der Waals surface area (Å²) in [5.74, 6) is -0.544. The maximum Gasteiger partial charge on any atom is 0.262 e. The lowest BCUT2D eigenvalue weighted by atomic mass is 10.1. The number of hydrogen-bond acceptors (Lipinski definition) is 4. The van der Waals surface area contributed by atoms with Crippen molar-refractivity contribution < 1.29 is 19.1 Å². The molecular formula is C26H23Cl2N3O4. The minimum atomic E-state index is -0.410. The summed E-state index contributed by atoms with van der Waals surface area (Å²) in [6.07, 6.45) is 0.160. The maximum atomic E-state index is 12.5. The summed E-state index contributed by atoms with van der Waals surface area (Å²) in [6, 6.07) is 21.2. The van der Waals surface area contributed by atoms with Crippen LogP contribution in [-0.2, 0) is 20.9 Å². The van der Waals surface area contributed by atoms with Crippen LogP contribution in [0.4, 0.5) is 11.4 Å². The molecule has 4 rings (SSSR count). The Balaban J connectivity index is 1.27. The molecule has 3 aromatic rings. The van der Waals surface area contributed by atoms with Crippen molar-refractivity contribution in [1.29, 1.82) is 0 Å². The summed E-state index contributed by atoms with van der Waals surface area (Å²) >= 11 is 11.8. The Morgan fingerprint density at radius 1 is 0.971 bits per heavy atom. The first-order valence-corrected chi connectivity index (χ1v) is 11.7. The van der Waals surface area contributed by atoms with Gasteiger partial charge in [-0.1, -0.05) is 53.5 Å². The van der Waals surface area contributed by atoms with Gasteiger partial charge in [-0.3, -0.25) is 14.4 Å². The van der Waals surface area contributed by atoms with Crippen LogP contribution < -0.4 is 20.3 Å². The van der Waals surface area contributed by atoms with Crippen LogP contribution in [0.15, 0.2) is 72.8 Å². The van der Waals surface area contributed by atoms with Crippen LogP contribution in [0.5, 0.6) is 5.75 Å². The maximum absolute atomic E-state index is 12.5. The number of halogens is 2. The molecule has 3 amide bonds. The molecule has 0 aliphatic carbocycles. The largest absolute Gasteiger partial charge is 0.484 e. The van der Waals surface area contributed by atoms with E-state index in [-0.39, 0.29) is 30.7 Å². The summed E-state index contributed by atoms with van der Waals surface area (Å²) in [7, 11) is 0. The van der Waals surface area contributed by atoms with Crippen molar-refractivity contribution >= 4 is 52.3 Å². The topological polar surface area (TPSA) is 87.7 Å². The Labute approximate surface area is 213 Å². The lowest BCUT2D eigenvalue weighted by Gasteiger charge is -2.17. The number of carbonyl (C=O) groups is 3. The van der Waals surface area contributed by atoms with E-state index in [0.29, 0.717) is 40.3 Å². The lowest BCUT2D eigenvalue weighted by Crippen LogP contribution is -2.32. The molecule has 0 aromatic heterocycles. The fraction of sp³-hybridized carbons (Fsp3) is 0.192. The van der Waals surface area contributed by atoms with E-state index in [1.165, 1.54) is 0 Å². The zero-order chi connectivity index (χ0) is 24.8. The Morgan fingerprint density at radius 2 is 1.71 bits per heavy atom. The van der Waals surface area contributed by atoms with Crippen LogP contribution in [0, 0.1) is 5.92 Å². The van der Waals surface area contributed by atoms with Gasteiger partial charge in [0.25, 0.3) is 5.91 Å². The normalized spacial score (nSPS) is 15.1. The summed E-state index contributed by atoms with van der Waals surface area (Å²) in [5, 5.41) is 6.32. The molecule has 35 heavy (non-hydrogen) atoms. The van der Waals surface area contributed by atoms with Crippen molar-refractivity contribution in [3.05, 3.63) is 88.4 Å². The fourth-order valence-corrected chi connectivity index (χ4v) is 4.00.